The van der Waals surface area contributed by atoms with Crippen molar-refractivity contribution in [3.8, 4) is 0 Å². The molecule has 3 amide bonds. The summed E-state index contributed by atoms with van der Waals surface area (Å²) in [5.74, 6) is -0.741. The number of cyclic esters (lactones) is 1. The third-order valence-corrected chi connectivity index (χ3v) is 4.74. The van der Waals surface area contributed by atoms with Gasteiger partial charge < -0.3 is 10.1 Å². The number of carbonyl (C=O) groups excluding carboxylic acids is 3. The number of nitrogens with one attached hydrogen (secondary N) is 1. The van der Waals surface area contributed by atoms with Gasteiger partial charge in [0, 0.05) is 0 Å². The van der Waals surface area contributed by atoms with E-state index in [0.29, 0.717) is 9.21 Å². The summed E-state index contributed by atoms with van der Waals surface area (Å²) in [7, 11) is 0. The molecule has 1 unspecified atom stereocenters. The number of hydrogen-bond donors (Lipinski definition) is 1. The van der Waals surface area contributed by atoms with Crippen LogP contribution in [0.25, 0.3) is 0 Å². The first-order valence-corrected chi connectivity index (χ1v) is 8.32. The van der Waals surface area contributed by atoms with Crippen LogP contribution in [0.4, 0.5) is 4.79 Å². The van der Waals surface area contributed by atoms with E-state index in [4.69, 9.17) is 16.3 Å². The molecule has 124 valence electrons. The van der Waals surface area contributed by atoms with E-state index in [1.165, 1.54) is 0 Å². The lowest BCUT2D eigenvalue weighted by atomic mass is 10.1. The highest BCUT2D eigenvalue weighted by Crippen LogP contribution is 2.23. The van der Waals surface area contributed by atoms with Crippen LogP contribution in [0, 0.1) is 0 Å². The lowest BCUT2D eigenvalue weighted by Gasteiger charge is -2.22. The number of carbonyl (C=O) groups is 3. The summed E-state index contributed by atoms with van der Waals surface area (Å²) in [6.07, 6.45) is -0.700. The molecule has 1 aliphatic heterocycles. The molecule has 0 spiro atoms. The third kappa shape index (κ3) is 3.58. The van der Waals surface area contributed by atoms with Gasteiger partial charge in [-0.2, -0.15) is 0 Å². The topological polar surface area (TPSA) is 75.7 Å². The predicted octanol–water partition coefficient (Wildman–Crippen LogP) is 2.85. The normalized spacial score (nSPS) is 15.3. The minimum atomic E-state index is -0.700. The van der Waals surface area contributed by atoms with Gasteiger partial charge in [-0.25, -0.2) is 9.69 Å². The van der Waals surface area contributed by atoms with Crippen molar-refractivity contribution in [1.29, 1.82) is 0 Å². The van der Waals surface area contributed by atoms with Gasteiger partial charge in [-0.15, -0.1) is 11.3 Å². The van der Waals surface area contributed by atoms with Gasteiger partial charge in [0.1, 0.15) is 0 Å². The molecular formula is C16H13ClN2O4S. The highest BCUT2D eigenvalue weighted by Gasteiger charge is 2.33. The molecule has 2 heterocycles. The predicted molar refractivity (Wildman–Crippen MR) is 89.0 cm³/mol. The van der Waals surface area contributed by atoms with Gasteiger partial charge in [0.15, 0.2) is 6.61 Å². The highest BCUT2D eigenvalue weighted by atomic mass is 35.5. The second-order valence-corrected chi connectivity index (χ2v) is 6.81. The molecule has 0 saturated carbocycles. The lowest BCUT2D eigenvalue weighted by molar-refractivity contribution is -0.126. The number of benzene rings is 1. The first-order valence-electron chi connectivity index (χ1n) is 7.13. The molecule has 6 nitrogen and oxygen atoms in total. The number of halogens is 1. The zero-order valence-corrected chi connectivity index (χ0v) is 14.0. The molecule has 24 heavy (non-hydrogen) atoms. The van der Waals surface area contributed by atoms with Gasteiger partial charge in [0.05, 0.1) is 21.8 Å². The quantitative estimate of drug-likeness (QED) is 0.885. The Balaban J connectivity index is 1.81. The monoisotopic (exact) mass is 364 g/mol. The SMILES string of the molecule is O=C(NC(CN1C(=O)COC1=O)c1ccccc1)c1ccc(Cl)s1. The Kier molecular flexibility index (Phi) is 4.82. The zero-order chi connectivity index (χ0) is 17.1. The number of thiophene rings is 1. The van der Waals surface area contributed by atoms with Gasteiger partial charge in [-0.3, -0.25) is 9.59 Å². The molecule has 3 rings (SSSR count). The van der Waals surface area contributed by atoms with E-state index in [2.05, 4.69) is 5.32 Å². The fourth-order valence-corrected chi connectivity index (χ4v) is 3.27. The fourth-order valence-electron chi connectivity index (χ4n) is 2.33. The van der Waals surface area contributed by atoms with Gasteiger partial charge in [-0.1, -0.05) is 41.9 Å². The van der Waals surface area contributed by atoms with Crippen molar-refractivity contribution in [3.63, 3.8) is 0 Å². The van der Waals surface area contributed by atoms with E-state index in [-0.39, 0.29) is 19.1 Å². The lowest BCUT2D eigenvalue weighted by Crippen LogP contribution is -2.40. The Hall–Kier alpha value is -2.38. The maximum absolute atomic E-state index is 12.4. The second-order valence-electron chi connectivity index (χ2n) is 5.10. The largest absolute Gasteiger partial charge is 0.439 e. The molecule has 1 fully saturated rings. The van der Waals surface area contributed by atoms with Gasteiger partial charge >= 0.3 is 6.09 Å². The maximum Gasteiger partial charge on any atom is 0.417 e. The van der Waals surface area contributed by atoms with Crippen LogP contribution in [0.3, 0.4) is 0 Å². The molecule has 1 aromatic carbocycles. The molecule has 1 aromatic heterocycles. The van der Waals surface area contributed by atoms with E-state index in [0.717, 1.165) is 21.8 Å². The fraction of sp³-hybridized carbons (Fsp3) is 0.188. The standard InChI is InChI=1S/C16H13ClN2O4S/c17-13-7-6-12(24-13)15(21)18-11(10-4-2-1-3-5-10)8-19-14(20)9-23-16(19)22/h1-7,11H,8-9H2,(H,18,21). The first kappa shape index (κ1) is 16.5. The third-order valence-electron chi connectivity index (χ3n) is 3.51. The van der Waals surface area contributed by atoms with Gasteiger partial charge in [0.25, 0.3) is 11.8 Å². The van der Waals surface area contributed by atoms with Crippen LogP contribution < -0.4 is 5.32 Å². The summed E-state index contributed by atoms with van der Waals surface area (Å²) in [4.78, 5) is 37.3. The van der Waals surface area contributed by atoms with E-state index < -0.39 is 18.0 Å². The molecule has 0 bridgehead atoms. The summed E-state index contributed by atoms with van der Waals surface area (Å²) < 4.78 is 5.23. The van der Waals surface area contributed by atoms with Crippen molar-refractivity contribution in [2.24, 2.45) is 0 Å². The molecule has 1 saturated heterocycles. The van der Waals surface area contributed by atoms with Crippen molar-refractivity contribution < 1.29 is 19.1 Å². The zero-order valence-electron chi connectivity index (χ0n) is 12.4. The maximum atomic E-state index is 12.4. The van der Waals surface area contributed by atoms with Crippen LogP contribution in [-0.2, 0) is 9.53 Å². The van der Waals surface area contributed by atoms with E-state index in [1.807, 2.05) is 30.3 Å². The summed E-state index contributed by atoms with van der Waals surface area (Å²) >= 11 is 7.02. The number of imide groups is 1. The molecule has 8 heteroatoms. The Morgan fingerprint density at radius 2 is 2.00 bits per heavy atom. The molecule has 1 N–H and O–H groups in total. The minimum absolute atomic E-state index is 0.00648. The smallest absolute Gasteiger partial charge is 0.417 e. The van der Waals surface area contributed by atoms with Crippen LogP contribution in [0.5, 0.6) is 0 Å². The molecule has 1 aliphatic rings. The van der Waals surface area contributed by atoms with E-state index in [1.54, 1.807) is 12.1 Å². The number of amides is 3. The second kappa shape index (κ2) is 7.02. The Bertz CT molecular complexity index is 761. The van der Waals surface area contributed by atoms with Crippen LogP contribution in [0.15, 0.2) is 42.5 Å². The van der Waals surface area contributed by atoms with Crippen LogP contribution in [0.2, 0.25) is 4.34 Å². The number of rotatable bonds is 5. The Labute approximate surface area is 147 Å². The van der Waals surface area contributed by atoms with Crippen LogP contribution in [0.1, 0.15) is 21.3 Å². The van der Waals surface area contributed by atoms with Crippen molar-refractivity contribution in [2.45, 2.75) is 6.04 Å². The van der Waals surface area contributed by atoms with Crippen LogP contribution >= 0.6 is 22.9 Å². The van der Waals surface area contributed by atoms with Crippen LogP contribution in [-0.4, -0.2) is 36.0 Å². The summed E-state index contributed by atoms with van der Waals surface area (Å²) in [6.45, 7) is -0.263. The number of hydrogen-bond acceptors (Lipinski definition) is 5. The van der Waals surface area contributed by atoms with Gasteiger partial charge in [-0.05, 0) is 17.7 Å². The average Bonchev–Trinajstić information content (AvgIpc) is 3.15. The van der Waals surface area contributed by atoms with Crippen molar-refractivity contribution in [2.75, 3.05) is 13.2 Å². The molecule has 2 aromatic rings. The van der Waals surface area contributed by atoms with Gasteiger partial charge in [0.2, 0.25) is 0 Å². The average molecular weight is 365 g/mol. The summed E-state index contributed by atoms with van der Waals surface area (Å²) in [5, 5.41) is 2.84. The molecule has 1 atom stereocenters. The van der Waals surface area contributed by atoms with Crippen molar-refractivity contribution in [1.82, 2.24) is 10.2 Å². The molecule has 0 aliphatic carbocycles. The molecular weight excluding hydrogens is 352 g/mol. The minimum Gasteiger partial charge on any atom is -0.439 e. The molecule has 0 radical (unpaired) electrons. The Morgan fingerprint density at radius 3 is 2.58 bits per heavy atom. The van der Waals surface area contributed by atoms with Crippen molar-refractivity contribution >= 4 is 40.8 Å². The Morgan fingerprint density at radius 1 is 1.25 bits per heavy atom. The first-order chi connectivity index (χ1) is 11.5. The summed E-state index contributed by atoms with van der Waals surface area (Å²) in [6, 6.07) is 11.8. The number of nitrogens with zero attached hydrogens (tertiary/aromatic N) is 1. The summed E-state index contributed by atoms with van der Waals surface area (Å²) in [5.41, 5.74) is 0.779. The van der Waals surface area contributed by atoms with E-state index in [9.17, 15) is 14.4 Å². The van der Waals surface area contributed by atoms with E-state index >= 15 is 0 Å². The van der Waals surface area contributed by atoms with Crippen molar-refractivity contribution in [3.05, 3.63) is 57.2 Å². The number of ether oxygens (including phenoxy) is 1. The highest BCUT2D eigenvalue weighted by molar-refractivity contribution is 7.18.